The first-order valence-corrected chi connectivity index (χ1v) is 9.33. The standard InChI is InChI=1S/C19H32N2O5/c1-5-9-11-15(21-19(24)26-14-8-4)17(22)20-16(12-10-6-2)18(23)25-13-7-3/h4,15-16H,5-7,9-14H2,1-3H3,(H,20,22)(H,21,24). The third-order valence-corrected chi connectivity index (χ3v) is 3.64. The van der Waals surface area contributed by atoms with Crippen molar-refractivity contribution in [3.63, 3.8) is 0 Å². The minimum Gasteiger partial charge on any atom is -0.464 e. The summed E-state index contributed by atoms with van der Waals surface area (Å²) in [4.78, 5) is 36.5. The van der Waals surface area contributed by atoms with Crippen molar-refractivity contribution in [2.45, 2.75) is 77.8 Å². The van der Waals surface area contributed by atoms with Crippen molar-refractivity contribution >= 4 is 18.0 Å². The van der Waals surface area contributed by atoms with Gasteiger partial charge in [0, 0.05) is 0 Å². The van der Waals surface area contributed by atoms with Crippen molar-refractivity contribution in [1.82, 2.24) is 10.6 Å². The fraction of sp³-hybridized carbons (Fsp3) is 0.737. The molecule has 0 aromatic heterocycles. The summed E-state index contributed by atoms with van der Waals surface area (Å²) in [5.41, 5.74) is 0. The number of alkyl carbamates (subject to hydrolysis) is 1. The van der Waals surface area contributed by atoms with E-state index in [0.29, 0.717) is 25.9 Å². The Balaban J connectivity index is 4.91. The van der Waals surface area contributed by atoms with Crippen LogP contribution in [0.3, 0.4) is 0 Å². The van der Waals surface area contributed by atoms with E-state index in [-0.39, 0.29) is 6.61 Å². The van der Waals surface area contributed by atoms with Gasteiger partial charge < -0.3 is 20.1 Å². The van der Waals surface area contributed by atoms with Crippen LogP contribution in [0.4, 0.5) is 4.79 Å². The Bertz CT molecular complexity index is 473. The van der Waals surface area contributed by atoms with Gasteiger partial charge in [0.1, 0.15) is 12.1 Å². The van der Waals surface area contributed by atoms with Crippen LogP contribution >= 0.6 is 0 Å². The molecule has 148 valence electrons. The van der Waals surface area contributed by atoms with Gasteiger partial charge in [0.2, 0.25) is 5.91 Å². The van der Waals surface area contributed by atoms with Crippen molar-refractivity contribution in [1.29, 1.82) is 0 Å². The van der Waals surface area contributed by atoms with Gasteiger partial charge in [-0.2, -0.15) is 0 Å². The molecule has 0 rings (SSSR count). The number of hydrogen-bond donors (Lipinski definition) is 2. The molecule has 2 unspecified atom stereocenters. The topological polar surface area (TPSA) is 93.7 Å². The zero-order chi connectivity index (χ0) is 19.8. The lowest BCUT2D eigenvalue weighted by Crippen LogP contribution is -2.52. The molecule has 0 aliphatic carbocycles. The number of esters is 1. The molecule has 0 aromatic carbocycles. The Morgan fingerprint density at radius 2 is 1.54 bits per heavy atom. The molecule has 0 saturated carbocycles. The summed E-state index contributed by atoms with van der Waals surface area (Å²) in [5.74, 6) is 1.32. The lowest BCUT2D eigenvalue weighted by atomic mass is 10.1. The van der Waals surface area contributed by atoms with Gasteiger partial charge in [-0.05, 0) is 19.3 Å². The van der Waals surface area contributed by atoms with E-state index >= 15 is 0 Å². The van der Waals surface area contributed by atoms with Crippen LogP contribution in [0.25, 0.3) is 0 Å². The molecule has 0 heterocycles. The van der Waals surface area contributed by atoms with E-state index in [2.05, 4.69) is 16.6 Å². The zero-order valence-electron chi connectivity index (χ0n) is 16.1. The average Bonchev–Trinajstić information content (AvgIpc) is 2.64. The van der Waals surface area contributed by atoms with Gasteiger partial charge in [-0.1, -0.05) is 52.4 Å². The maximum Gasteiger partial charge on any atom is 0.408 e. The number of terminal acetylenes is 1. The second kappa shape index (κ2) is 15.1. The lowest BCUT2D eigenvalue weighted by Gasteiger charge is -2.22. The predicted molar refractivity (Wildman–Crippen MR) is 99.3 cm³/mol. The number of rotatable bonds is 13. The van der Waals surface area contributed by atoms with Crippen LogP contribution in [0.2, 0.25) is 0 Å². The number of amides is 2. The van der Waals surface area contributed by atoms with E-state index in [1.54, 1.807) is 0 Å². The molecule has 2 atom stereocenters. The van der Waals surface area contributed by atoms with E-state index in [0.717, 1.165) is 25.7 Å². The monoisotopic (exact) mass is 368 g/mol. The normalized spacial score (nSPS) is 12.4. The van der Waals surface area contributed by atoms with Crippen molar-refractivity contribution in [2.75, 3.05) is 13.2 Å². The molecule has 7 nitrogen and oxygen atoms in total. The molecule has 26 heavy (non-hydrogen) atoms. The molecule has 0 aliphatic heterocycles. The van der Waals surface area contributed by atoms with Crippen molar-refractivity contribution in [3.8, 4) is 12.3 Å². The van der Waals surface area contributed by atoms with Gasteiger partial charge >= 0.3 is 12.1 Å². The first-order chi connectivity index (χ1) is 12.5. The number of unbranched alkanes of at least 4 members (excludes halogenated alkanes) is 2. The Morgan fingerprint density at radius 3 is 2.08 bits per heavy atom. The van der Waals surface area contributed by atoms with Crippen molar-refractivity contribution < 1.29 is 23.9 Å². The number of ether oxygens (including phenoxy) is 2. The van der Waals surface area contributed by atoms with Crippen LogP contribution in [0.1, 0.15) is 65.7 Å². The van der Waals surface area contributed by atoms with Gasteiger partial charge in [0.15, 0.2) is 6.61 Å². The second-order valence-corrected chi connectivity index (χ2v) is 5.99. The minimum absolute atomic E-state index is 0.170. The first kappa shape index (κ1) is 23.8. The van der Waals surface area contributed by atoms with Crippen LogP contribution in [-0.2, 0) is 19.1 Å². The van der Waals surface area contributed by atoms with Crippen LogP contribution in [0, 0.1) is 12.3 Å². The fourth-order valence-corrected chi connectivity index (χ4v) is 2.20. The summed E-state index contributed by atoms with van der Waals surface area (Å²) in [6, 6.07) is -1.51. The Labute approximate surface area is 156 Å². The van der Waals surface area contributed by atoms with Gasteiger partial charge in [0.25, 0.3) is 0 Å². The van der Waals surface area contributed by atoms with Crippen LogP contribution in [-0.4, -0.2) is 43.3 Å². The number of carbonyl (C=O) groups excluding carboxylic acids is 3. The molecule has 0 aliphatic rings. The van der Waals surface area contributed by atoms with E-state index in [4.69, 9.17) is 15.9 Å². The summed E-state index contributed by atoms with van der Waals surface area (Å²) in [6.07, 6.45) is 9.22. The number of nitrogens with one attached hydrogen (secondary N) is 2. The van der Waals surface area contributed by atoms with Gasteiger partial charge in [-0.15, -0.1) is 6.42 Å². The molecule has 0 saturated heterocycles. The minimum atomic E-state index is -0.789. The van der Waals surface area contributed by atoms with Crippen molar-refractivity contribution in [3.05, 3.63) is 0 Å². The summed E-state index contributed by atoms with van der Waals surface area (Å²) in [7, 11) is 0. The molecule has 2 amide bonds. The maximum atomic E-state index is 12.6. The largest absolute Gasteiger partial charge is 0.464 e. The third-order valence-electron chi connectivity index (χ3n) is 3.64. The molecule has 0 radical (unpaired) electrons. The molecule has 7 heteroatoms. The summed E-state index contributed by atoms with van der Waals surface area (Å²) in [5, 5.41) is 5.22. The highest BCUT2D eigenvalue weighted by Gasteiger charge is 2.27. The predicted octanol–water partition coefficient (Wildman–Crippen LogP) is 2.53. The molecule has 0 bridgehead atoms. The van der Waals surface area contributed by atoms with Gasteiger partial charge in [0.05, 0.1) is 6.61 Å². The summed E-state index contributed by atoms with van der Waals surface area (Å²) in [6.45, 7) is 6.03. The quantitative estimate of drug-likeness (QED) is 0.385. The fourth-order valence-electron chi connectivity index (χ4n) is 2.20. The third kappa shape index (κ3) is 10.6. The number of carbonyl (C=O) groups is 3. The first-order valence-electron chi connectivity index (χ1n) is 9.33. The summed E-state index contributed by atoms with van der Waals surface area (Å²) >= 11 is 0. The molecular weight excluding hydrogens is 336 g/mol. The van der Waals surface area contributed by atoms with Crippen LogP contribution in [0.15, 0.2) is 0 Å². The average molecular weight is 368 g/mol. The van der Waals surface area contributed by atoms with E-state index in [9.17, 15) is 14.4 Å². The number of hydrogen-bond acceptors (Lipinski definition) is 5. The van der Waals surface area contributed by atoms with Gasteiger partial charge in [-0.3, -0.25) is 4.79 Å². The smallest absolute Gasteiger partial charge is 0.408 e. The summed E-state index contributed by atoms with van der Waals surface area (Å²) < 4.78 is 9.92. The van der Waals surface area contributed by atoms with E-state index in [1.807, 2.05) is 20.8 Å². The highest BCUT2D eigenvalue weighted by molar-refractivity contribution is 5.89. The maximum absolute atomic E-state index is 12.6. The molecule has 0 spiro atoms. The molecule has 0 aromatic rings. The van der Waals surface area contributed by atoms with Crippen molar-refractivity contribution in [2.24, 2.45) is 0 Å². The van der Waals surface area contributed by atoms with E-state index in [1.165, 1.54) is 0 Å². The molecule has 2 N–H and O–H groups in total. The highest BCUT2D eigenvalue weighted by Crippen LogP contribution is 2.07. The zero-order valence-corrected chi connectivity index (χ0v) is 16.1. The van der Waals surface area contributed by atoms with E-state index < -0.39 is 30.1 Å². The second-order valence-electron chi connectivity index (χ2n) is 5.99. The Morgan fingerprint density at radius 1 is 0.923 bits per heavy atom. The van der Waals surface area contributed by atoms with Gasteiger partial charge in [-0.25, -0.2) is 9.59 Å². The Kier molecular flexibility index (Phi) is 13.8. The van der Waals surface area contributed by atoms with Crippen LogP contribution in [0.5, 0.6) is 0 Å². The highest BCUT2D eigenvalue weighted by atomic mass is 16.5. The lowest BCUT2D eigenvalue weighted by molar-refractivity contribution is -0.148. The van der Waals surface area contributed by atoms with Crippen LogP contribution < -0.4 is 10.6 Å². The Hall–Kier alpha value is -2.23. The molecular formula is C19H32N2O5. The molecule has 0 fully saturated rings. The SMILES string of the molecule is C#CCOC(=O)NC(CCCC)C(=O)NC(CCCC)C(=O)OCCC.